The van der Waals surface area contributed by atoms with Gasteiger partial charge in [0, 0.05) is 18.0 Å². The molecule has 1 aromatic carbocycles. The molecular formula is C17H28N4OS. The standard InChI is InChI=1S/C17H28N4OS/c1-5-9-19-16(22)12-21-17(18-6-2)20-11-14-8-7-13(3)10-15(14)23-4/h7-8,10H,5-6,9,11-12H2,1-4H3,(H,19,22)(H2,18,20,21). The zero-order chi connectivity index (χ0) is 17.1. The van der Waals surface area contributed by atoms with Gasteiger partial charge in [-0.1, -0.05) is 19.1 Å². The van der Waals surface area contributed by atoms with Crippen molar-refractivity contribution in [3.63, 3.8) is 0 Å². The molecule has 23 heavy (non-hydrogen) atoms. The van der Waals surface area contributed by atoms with Gasteiger partial charge in [0.2, 0.25) is 5.91 Å². The highest BCUT2D eigenvalue weighted by Crippen LogP contribution is 2.22. The molecule has 0 saturated carbocycles. The molecule has 5 nitrogen and oxygen atoms in total. The van der Waals surface area contributed by atoms with Crippen molar-refractivity contribution in [3.8, 4) is 0 Å². The third-order valence-electron chi connectivity index (χ3n) is 3.18. The first-order valence-corrected chi connectivity index (χ1v) is 9.25. The van der Waals surface area contributed by atoms with Crippen LogP contribution in [-0.4, -0.2) is 37.8 Å². The van der Waals surface area contributed by atoms with Gasteiger partial charge in [0.25, 0.3) is 0 Å². The van der Waals surface area contributed by atoms with Crippen molar-refractivity contribution >= 4 is 23.6 Å². The van der Waals surface area contributed by atoms with Gasteiger partial charge in [0.15, 0.2) is 5.96 Å². The minimum Gasteiger partial charge on any atom is -0.357 e. The number of amides is 1. The maximum Gasteiger partial charge on any atom is 0.239 e. The van der Waals surface area contributed by atoms with Gasteiger partial charge in [-0.25, -0.2) is 4.99 Å². The topological polar surface area (TPSA) is 65.5 Å². The molecule has 0 aliphatic carbocycles. The number of carbonyl (C=O) groups excluding carboxylic acids is 1. The Morgan fingerprint density at radius 2 is 2.00 bits per heavy atom. The third-order valence-corrected chi connectivity index (χ3v) is 4.00. The Bertz CT molecular complexity index is 531. The normalized spacial score (nSPS) is 11.2. The van der Waals surface area contributed by atoms with E-state index in [1.807, 2.05) is 13.8 Å². The predicted octanol–water partition coefficient (Wildman–Crippen LogP) is 2.30. The Morgan fingerprint density at radius 1 is 1.22 bits per heavy atom. The first-order chi connectivity index (χ1) is 11.1. The molecule has 0 saturated heterocycles. The van der Waals surface area contributed by atoms with Crippen molar-refractivity contribution < 1.29 is 4.79 Å². The number of guanidine groups is 1. The molecule has 0 atom stereocenters. The fraction of sp³-hybridized carbons (Fsp3) is 0.529. The molecule has 3 N–H and O–H groups in total. The van der Waals surface area contributed by atoms with Crippen molar-refractivity contribution in [2.75, 3.05) is 25.9 Å². The van der Waals surface area contributed by atoms with Gasteiger partial charge in [-0.2, -0.15) is 0 Å². The maximum absolute atomic E-state index is 11.7. The van der Waals surface area contributed by atoms with Crippen molar-refractivity contribution in [1.29, 1.82) is 0 Å². The Balaban J connectivity index is 2.66. The average molecular weight is 337 g/mol. The lowest BCUT2D eigenvalue weighted by atomic mass is 10.1. The van der Waals surface area contributed by atoms with Gasteiger partial charge >= 0.3 is 0 Å². The van der Waals surface area contributed by atoms with Crippen LogP contribution in [0.1, 0.15) is 31.4 Å². The predicted molar refractivity (Wildman–Crippen MR) is 99.1 cm³/mol. The van der Waals surface area contributed by atoms with Crippen LogP contribution < -0.4 is 16.0 Å². The number of thioether (sulfide) groups is 1. The van der Waals surface area contributed by atoms with E-state index in [1.165, 1.54) is 16.0 Å². The van der Waals surface area contributed by atoms with Gasteiger partial charge in [-0.3, -0.25) is 4.79 Å². The van der Waals surface area contributed by atoms with E-state index in [2.05, 4.69) is 52.3 Å². The molecule has 0 spiro atoms. The molecule has 128 valence electrons. The molecule has 0 heterocycles. The second kappa shape index (κ2) is 10.9. The van der Waals surface area contributed by atoms with E-state index in [4.69, 9.17) is 0 Å². The molecule has 0 fully saturated rings. The Hall–Kier alpha value is -1.69. The van der Waals surface area contributed by atoms with E-state index in [9.17, 15) is 4.79 Å². The van der Waals surface area contributed by atoms with E-state index in [0.717, 1.165) is 13.0 Å². The van der Waals surface area contributed by atoms with Crippen LogP contribution in [0, 0.1) is 6.92 Å². The SMILES string of the molecule is CCCNC(=O)CNC(=NCc1ccc(C)cc1SC)NCC. The average Bonchev–Trinajstić information content (AvgIpc) is 2.56. The van der Waals surface area contributed by atoms with E-state index >= 15 is 0 Å². The minimum absolute atomic E-state index is 0.0161. The van der Waals surface area contributed by atoms with Crippen LogP contribution in [0.4, 0.5) is 0 Å². The molecule has 1 aromatic rings. The molecule has 0 unspecified atom stereocenters. The molecule has 0 aliphatic heterocycles. The van der Waals surface area contributed by atoms with Crippen LogP contribution >= 0.6 is 11.8 Å². The number of aliphatic imine (C=N–C) groups is 1. The largest absolute Gasteiger partial charge is 0.357 e. The van der Waals surface area contributed by atoms with Gasteiger partial charge < -0.3 is 16.0 Å². The number of carbonyl (C=O) groups is 1. The summed E-state index contributed by atoms with van der Waals surface area (Å²) in [5.41, 5.74) is 2.44. The number of nitrogens with one attached hydrogen (secondary N) is 3. The lowest BCUT2D eigenvalue weighted by Crippen LogP contribution is -2.43. The van der Waals surface area contributed by atoms with Gasteiger partial charge in [-0.15, -0.1) is 11.8 Å². The van der Waals surface area contributed by atoms with Gasteiger partial charge in [-0.05, 0) is 43.7 Å². The monoisotopic (exact) mass is 336 g/mol. The second-order valence-corrected chi connectivity index (χ2v) is 6.06. The van der Waals surface area contributed by atoms with Crippen molar-refractivity contribution in [2.45, 2.75) is 38.6 Å². The van der Waals surface area contributed by atoms with Crippen molar-refractivity contribution in [2.24, 2.45) is 4.99 Å². The molecule has 0 aliphatic rings. The number of benzene rings is 1. The molecule has 6 heteroatoms. The lowest BCUT2D eigenvalue weighted by molar-refractivity contribution is -0.120. The van der Waals surface area contributed by atoms with Crippen LogP contribution in [0.5, 0.6) is 0 Å². The molecule has 1 amide bonds. The van der Waals surface area contributed by atoms with E-state index in [0.29, 0.717) is 19.0 Å². The van der Waals surface area contributed by atoms with Crippen LogP contribution in [0.15, 0.2) is 28.1 Å². The zero-order valence-corrected chi connectivity index (χ0v) is 15.3. The first kappa shape index (κ1) is 19.4. The molecule has 1 rings (SSSR count). The minimum atomic E-state index is -0.0161. The Labute approximate surface area is 143 Å². The van der Waals surface area contributed by atoms with Crippen molar-refractivity contribution in [1.82, 2.24) is 16.0 Å². The van der Waals surface area contributed by atoms with E-state index in [-0.39, 0.29) is 12.5 Å². The summed E-state index contributed by atoms with van der Waals surface area (Å²) in [7, 11) is 0. The smallest absolute Gasteiger partial charge is 0.239 e. The number of nitrogens with zero attached hydrogens (tertiary/aromatic N) is 1. The second-order valence-electron chi connectivity index (χ2n) is 5.21. The van der Waals surface area contributed by atoms with Crippen LogP contribution in [-0.2, 0) is 11.3 Å². The highest BCUT2D eigenvalue weighted by atomic mass is 32.2. The fourth-order valence-corrected chi connectivity index (χ4v) is 2.68. The van der Waals surface area contributed by atoms with Crippen LogP contribution in [0.3, 0.4) is 0 Å². The van der Waals surface area contributed by atoms with Gasteiger partial charge in [0.05, 0.1) is 13.1 Å². The van der Waals surface area contributed by atoms with Crippen LogP contribution in [0.25, 0.3) is 0 Å². The van der Waals surface area contributed by atoms with Crippen molar-refractivity contribution in [3.05, 3.63) is 29.3 Å². The van der Waals surface area contributed by atoms with E-state index in [1.54, 1.807) is 11.8 Å². The third kappa shape index (κ3) is 7.41. The summed E-state index contributed by atoms with van der Waals surface area (Å²) < 4.78 is 0. The summed E-state index contributed by atoms with van der Waals surface area (Å²) >= 11 is 1.73. The summed E-state index contributed by atoms with van der Waals surface area (Å²) in [5.74, 6) is 0.643. The summed E-state index contributed by atoms with van der Waals surface area (Å²) in [5, 5.41) is 9.07. The molecule has 0 bridgehead atoms. The Morgan fingerprint density at radius 3 is 2.65 bits per heavy atom. The summed E-state index contributed by atoms with van der Waals surface area (Å²) in [6.07, 6.45) is 3.01. The summed E-state index contributed by atoms with van der Waals surface area (Å²) in [6.45, 7) is 8.41. The highest BCUT2D eigenvalue weighted by Gasteiger charge is 2.05. The fourth-order valence-electron chi connectivity index (χ4n) is 1.98. The first-order valence-electron chi connectivity index (χ1n) is 8.03. The lowest BCUT2D eigenvalue weighted by Gasteiger charge is -2.12. The Kier molecular flexibility index (Phi) is 9.21. The van der Waals surface area contributed by atoms with Crippen LogP contribution in [0.2, 0.25) is 0 Å². The molecular weight excluding hydrogens is 308 g/mol. The number of hydrogen-bond donors (Lipinski definition) is 3. The summed E-state index contributed by atoms with van der Waals surface area (Å²) in [6, 6.07) is 6.39. The maximum atomic E-state index is 11.7. The zero-order valence-electron chi connectivity index (χ0n) is 14.5. The quantitative estimate of drug-likeness (QED) is 0.387. The number of aryl methyl sites for hydroxylation is 1. The van der Waals surface area contributed by atoms with E-state index < -0.39 is 0 Å². The molecule has 0 radical (unpaired) electrons. The highest BCUT2D eigenvalue weighted by molar-refractivity contribution is 7.98. The van der Waals surface area contributed by atoms with Gasteiger partial charge in [0.1, 0.15) is 0 Å². The molecule has 0 aromatic heterocycles. The number of hydrogen-bond acceptors (Lipinski definition) is 3. The summed E-state index contributed by atoms with van der Waals surface area (Å²) in [4.78, 5) is 17.5. The number of rotatable bonds is 8.